The van der Waals surface area contributed by atoms with Gasteiger partial charge in [0.05, 0.1) is 6.42 Å². The predicted molar refractivity (Wildman–Crippen MR) is 66.5 cm³/mol. The summed E-state index contributed by atoms with van der Waals surface area (Å²) < 4.78 is 0. The van der Waals surface area contributed by atoms with E-state index in [1.807, 2.05) is 0 Å². The van der Waals surface area contributed by atoms with Gasteiger partial charge in [0.1, 0.15) is 12.1 Å². The molecule has 0 saturated carbocycles. The maximum absolute atomic E-state index is 9.81. The highest BCUT2D eigenvalue weighted by atomic mass is 16.1. The molecule has 0 bridgehead atoms. The average Bonchev–Trinajstić information content (AvgIpc) is 2.18. The van der Waals surface area contributed by atoms with E-state index in [4.69, 9.17) is 0 Å². The molecule has 0 amide bonds. The standard InChI is InChI=1S/C10H14.C4H6O2/c1-10(2,3)9-7-5-4-6-8-9;1-4(6)2-3-5/h4-8H,1-3H3;3H,2H2,1H3. The SMILES string of the molecule is CC(=O)CC=O.CC(C)(C)c1ccccc1. The lowest BCUT2D eigenvalue weighted by atomic mass is 9.87. The van der Waals surface area contributed by atoms with Crippen LogP contribution in [-0.4, -0.2) is 12.1 Å². The third-order valence-corrected chi connectivity index (χ3v) is 2.01. The lowest BCUT2D eigenvalue weighted by molar-refractivity contribution is -0.120. The molecule has 1 aromatic carbocycles. The lowest BCUT2D eigenvalue weighted by Crippen LogP contribution is -2.10. The Bertz CT molecular complexity index is 320. The number of Topliss-reactive ketones (excluding diaryl/α,β-unsaturated/α-hetero) is 1. The zero-order valence-electron chi connectivity index (χ0n) is 10.5. The summed E-state index contributed by atoms with van der Waals surface area (Å²) in [6, 6.07) is 10.6. The van der Waals surface area contributed by atoms with Gasteiger partial charge in [0, 0.05) is 0 Å². The van der Waals surface area contributed by atoms with Crippen LogP contribution in [0.5, 0.6) is 0 Å². The second-order valence-electron chi connectivity index (χ2n) is 4.69. The van der Waals surface area contributed by atoms with Crippen LogP contribution in [0.1, 0.15) is 39.7 Å². The first-order chi connectivity index (χ1) is 7.38. The molecule has 0 aliphatic rings. The van der Waals surface area contributed by atoms with Gasteiger partial charge in [-0.1, -0.05) is 51.1 Å². The number of hydrogen-bond acceptors (Lipinski definition) is 2. The summed E-state index contributed by atoms with van der Waals surface area (Å²) in [5.41, 5.74) is 1.69. The summed E-state index contributed by atoms with van der Waals surface area (Å²) in [7, 11) is 0. The van der Waals surface area contributed by atoms with Gasteiger partial charge in [0.2, 0.25) is 0 Å². The Labute approximate surface area is 97.7 Å². The molecule has 0 atom stereocenters. The van der Waals surface area contributed by atoms with Crippen LogP contribution in [0.15, 0.2) is 30.3 Å². The molecule has 0 radical (unpaired) electrons. The van der Waals surface area contributed by atoms with E-state index in [1.165, 1.54) is 12.5 Å². The molecule has 0 saturated heterocycles. The van der Waals surface area contributed by atoms with E-state index in [0.29, 0.717) is 11.7 Å². The largest absolute Gasteiger partial charge is 0.303 e. The highest BCUT2D eigenvalue weighted by molar-refractivity contribution is 5.87. The van der Waals surface area contributed by atoms with Crippen molar-refractivity contribution in [3.63, 3.8) is 0 Å². The number of hydrogen-bond donors (Lipinski definition) is 0. The molecule has 1 rings (SSSR count). The molecule has 88 valence electrons. The van der Waals surface area contributed by atoms with Gasteiger partial charge in [-0.3, -0.25) is 4.79 Å². The number of aldehydes is 1. The molecule has 1 aromatic rings. The van der Waals surface area contributed by atoms with Crippen molar-refractivity contribution in [1.29, 1.82) is 0 Å². The molecule has 0 unspecified atom stereocenters. The van der Waals surface area contributed by atoms with E-state index in [2.05, 4.69) is 51.1 Å². The monoisotopic (exact) mass is 220 g/mol. The van der Waals surface area contributed by atoms with Crippen LogP contribution >= 0.6 is 0 Å². The van der Waals surface area contributed by atoms with Gasteiger partial charge in [-0.05, 0) is 17.9 Å². The summed E-state index contributed by atoms with van der Waals surface area (Å²) >= 11 is 0. The van der Waals surface area contributed by atoms with Gasteiger partial charge < -0.3 is 4.79 Å². The van der Waals surface area contributed by atoms with Crippen molar-refractivity contribution < 1.29 is 9.59 Å². The molecule has 16 heavy (non-hydrogen) atoms. The predicted octanol–water partition coefficient (Wildman–Crippen LogP) is 3.15. The van der Waals surface area contributed by atoms with Crippen LogP contribution in [-0.2, 0) is 15.0 Å². The number of ketones is 1. The zero-order chi connectivity index (χ0) is 12.6. The van der Waals surface area contributed by atoms with E-state index in [9.17, 15) is 9.59 Å². The third-order valence-electron chi connectivity index (χ3n) is 2.01. The number of carbonyl (C=O) groups excluding carboxylic acids is 2. The highest BCUT2D eigenvalue weighted by Crippen LogP contribution is 2.20. The van der Waals surface area contributed by atoms with Crippen molar-refractivity contribution in [3.8, 4) is 0 Å². The Hall–Kier alpha value is -1.44. The van der Waals surface area contributed by atoms with Crippen molar-refractivity contribution in [1.82, 2.24) is 0 Å². The van der Waals surface area contributed by atoms with Gasteiger partial charge in [-0.25, -0.2) is 0 Å². The molecular formula is C14H20O2. The zero-order valence-corrected chi connectivity index (χ0v) is 10.5. The summed E-state index contributed by atoms with van der Waals surface area (Å²) in [5.74, 6) is -0.0787. The lowest BCUT2D eigenvalue weighted by Gasteiger charge is -2.18. The van der Waals surface area contributed by atoms with Crippen molar-refractivity contribution in [2.75, 3.05) is 0 Å². The normalized spacial score (nSPS) is 10.0. The molecule has 0 aromatic heterocycles. The molecule has 2 nitrogen and oxygen atoms in total. The summed E-state index contributed by atoms with van der Waals surface area (Å²) in [5, 5.41) is 0. The van der Waals surface area contributed by atoms with Crippen LogP contribution in [0.25, 0.3) is 0 Å². The van der Waals surface area contributed by atoms with Crippen LogP contribution < -0.4 is 0 Å². The van der Waals surface area contributed by atoms with Gasteiger partial charge >= 0.3 is 0 Å². The quantitative estimate of drug-likeness (QED) is 0.566. The first kappa shape index (κ1) is 14.6. The van der Waals surface area contributed by atoms with Crippen LogP contribution in [0, 0.1) is 0 Å². The Morgan fingerprint density at radius 3 is 1.88 bits per heavy atom. The second kappa shape index (κ2) is 6.94. The molecule has 0 heterocycles. The van der Waals surface area contributed by atoms with E-state index in [1.54, 1.807) is 0 Å². The van der Waals surface area contributed by atoms with Crippen LogP contribution in [0.3, 0.4) is 0 Å². The minimum atomic E-state index is -0.0787. The third kappa shape index (κ3) is 6.93. The van der Waals surface area contributed by atoms with Gasteiger partial charge in [0.25, 0.3) is 0 Å². The fraction of sp³-hybridized carbons (Fsp3) is 0.429. The maximum atomic E-state index is 9.81. The molecule has 2 heteroatoms. The van der Waals surface area contributed by atoms with E-state index < -0.39 is 0 Å². The van der Waals surface area contributed by atoms with Crippen molar-refractivity contribution in [3.05, 3.63) is 35.9 Å². The maximum Gasteiger partial charge on any atom is 0.136 e. The topological polar surface area (TPSA) is 34.1 Å². The minimum Gasteiger partial charge on any atom is -0.303 e. The van der Waals surface area contributed by atoms with Crippen molar-refractivity contribution in [2.24, 2.45) is 0 Å². The van der Waals surface area contributed by atoms with Crippen LogP contribution in [0.2, 0.25) is 0 Å². The number of rotatable bonds is 2. The van der Waals surface area contributed by atoms with Crippen molar-refractivity contribution >= 4 is 12.1 Å². The fourth-order valence-electron chi connectivity index (χ4n) is 1.06. The van der Waals surface area contributed by atoms with Gasteiger partial charge in [0.15, 0.2) is 0 Å². The van der Waals surface area contributed by atoms with E-state index in [-0.39, 0.29) is 12.2 Å². The minimum absolute atomic E-state index is 0.0556. The van der Waals surface area contributed by atoms with E-state index in [0.717, 1.165) is 0 Å². The Morgan fingerprint density at radius 1 is 1.19 bits per heavy atom. The smallest absolute Gasteiger partial charge is 0.136 e. The Balaban J connectivity index is 0.000000325. The highest BCUT2D eigenvalue weighted by Gasteiger charge is 2.11. The Kier molecular flexibility index (Phi) is 6.31. The molecule has 0 N–H and O–H groups in total. The first-order valence-electron chi connectivity index (χ1n) is 5.36. The molecule has 0 fully saturated rings. The Morgan fingerprint density at radius 2 is 1.69 bits per heavy atom. The second-order valence-corrected chi connectivity index (χ2v) is 4.69. The molecule has 0 aliphatic heterocycles. The van der Waals surface area contributed by atoms with Crippen molar-refractivity contribution in [2.45, 2.75) is 39.5 Å². The van der Waals surface area contributed by atoms with Gasteiger partial charge in [-0.2, -0.15) is 0 Å². The molecule has 0 aliphatic carbocycles. The number of carbonyl (C=O) groups is 2. The van der Waals surface area contributed by atoms with E-state index >= 15 is 0 Å². The summed E-state index contributed by atoms with van der Waals surface area (Å²) in [6.07, 6.45) is 0.655. The van der Waals surface area contributed by atoms with Gasteiger partial charge in [-0.15, -0.1) is 0 Å². The number of benzene rings is 1. The summed E-state index contributed by atoms with van der Waals surface area (Å²) in [4.78, 5) is 19.2. The average molecular weight is 220 g/mol. The molecule has 0 spiro atoms. The summed E-state index contributed by atoms with van der Waals surface area (Å²) in [6.45, 7) is 8.06. The van der Waals surface area contributed by atoms with Crippen LogP contribution in [0.4, 0.5) is 0 Å². The fourth-order valence-corrected chi connectivity index (χ4v) is 1.06. The molecular weight excluding hydrogens is 200 g/mol. The first-order valence-corrected chi connectivity index (χ1v) is 5.36.